The molecule has 4 heteroatoms. The predicted octanol–water partition coefficient (Wildman–Crippen LogP) is 1.73. The molecule has 0 unspecified atom stereocenters. The molecule has 3 nitrogen and oxygen atoms in total. The maximum atomic E-state index is 11.0. The molecule has 1 aliphatic heterocycles. The molecule has 1 fully saturated rings. The van der Waals surface area contributed by atoms with E-state index in [4.69, 9.17) is 0 Å². The van der Waals surface area contributed by atoms with Gasteiger partial charge in [-0.25, -0.2) is 0 Å². The smallest absolute Gasteiger partial charge is 0.162 e. The number of rotatable bonds is 2. The Bertz CT molecular complexity index is 349. The average molecular weight is 209 g/mol. The number of thiophene rings is 1. The second-order valence-electron chi connectivity index (χ2n) is 3.31. The molecule has 0 atom stereocenters. The molecular formula is C10H11NO2S. The van der Waals surface area contributed by atoms with Gasteiger partial charge in [-0.2, -0.15) is 0 Å². The van der Waals surface area contributed by atoms with Gasteiger partial charge in [-0.3, -0.25) is 9.59 Å². The molecule has 1 aliphatic rings. The summed E-state index contributed by atoms with van der Waals surface area (Å²) in [6.45, 7) is 1.49. The van der Waals surface area contributed by atoms with Gasteiger partial charge in [-0.05, 0) is 11.4 Å². The van der Waals surface area contributed by atoms with Gasteiger partial charge < -0.3 is 4.90 Å². The molecule has 0 radical (unpaired) electrons. The first-order valence-electron chi connectivity index (χ1n) is 4.60. The summed E-state index contributed by atoms with van der Waals surface area (Å²) < 4.78 is 0. The van der Waals surface area contributed by atoms with Crippen LogP contribution in [0.3, 0.4) is 0 Å². The fraction of sp³-hybridized carbons (Fsp3) is 0.400. The van der Waals surface area contributed by atoms with Crippen molar-refractivity contribution in [2.45, 2.75) is 12.8 Å². The van der Waals surface area contributed by atoms with Gasteiger partial charge in [0.05, 0.1) is 10.6 Å². The van der Waals surface area contributed by atoms with E-state index in [0.717, 1.165) is 29.9 Å². The van der Waals surface area contributed by atoms with Crippen molar-refractivity contribution in [2.75, 3.05) is 18.0 Å². The summed E-state index contributed by atoms with van der Waals surface area (Å²) in [4.78, 5) is 24.6. The molecule has 1 saturated heterocycles. The van der Waals surface area contributed by atoms with Crippen molar-refractivity contribution in [1.82, 2.24) is 0 Å². The normalized spacial score (nSPS) is 17.1. The lowest BCUT2D eigenvalue weighted by Gasteiger charge is -2.27. The topological polar surface area (TPSA) is 37.4 Å². The highest BCUT2D eigenvalue weighted by Crippen LogP contribution is 2.26. The van der Waals surface area contributed by atoms with Crippen molar-refractivity contribution >= 4 is 29.1 Å². The molecule has 14 heavy (non-hydrogen) atoms. The first kappa shape index (κ1) is 9.40. The van der Waals surface area contributed by atoms with E-state index in [2.05, 4.69) is 4.90 Å². The Morgan fingerprint density at radius 1 is 1.36 bits per heavy atom. The maximum absolute atomic E-state index is 11.0. The SMILES string of the molecule is O=Cc1sccc1N1CCC(=O)CC1. The molecule has 0 bridgehead atoms. The molecule has 0 amide bonds. The highest BCUT2D eigenvalue weighted by Gasteiger charge is 2.18. The third-order valence-electron chi connectivity index (χ3n) is 2.44. The summed E-state index contributed by atoms with van der Waals surface area (Å²) in [5.41, 5.74) is 0.984. The second-order valence-corrected chi connectivity index (χ2v) is 4.26. The van der Waals surface area contributed by atoms with Gasteiger partial charge in [0.2, 0.25) is 0 Å². The standard InChI is InChI=1S/C10H11NO2S/c12-7-10-9(3-6-14-10)11-4-1-8(13)2-5-11/h3,6-7H,1-2,4-5H2. The zero-order valence-electron chi connectivity index (χ0n) is 7.73. The molecule has 2 heterocycles. The van der Waals surface area contributed by atoms with Crippen LogP contribution in [0.4, 0.5) is 5.69 Å². The van der Waals surface area contributed by atoms with E-state index in [1.165, 1.54) is 11.3 Å². The van der Waals surface area contributed by atoms with Crippen molar-refractivity contribution in [3.63, 3.8) is 0 Å². The quantitative estimate of drug-likeness (QED) is 0.696. The first-order chi connectivity index (χ1) is 6.81. The van der Waals surface area contributed by atoms with E-state index in [1.807, 2.05) is 11.4 Å². The molecule has 1 aromatic heterocycles. The van der Waals surface area contributed by atoms with Crippen molar-refractivity contribution in [3.05, 3.63) is 16.3 Å². The molecular weight excluding hydrogens is 198 g/mol. The number of ketones is 1. The lowest BCUT2D eigenvalue weighted by atomic mass is 10.1. The summed E-state index contributed by atoms with van der Waals surface area (Å²) in [6, 6.07) is 1.95. The van der Waals surface area contributed by atoms with Crippen molar-refractivity contribution in [3.8, 4) is 0 Å². The monoisotopic (exact) mass is 209 g/mol. The van der Waals surface area contributed by atoms with Crippen LogP contribution in [0.15, 0.2) is 11.4 Å². The van der Waals surface area contributed by atoms with Crippen LogP contribution in [-0.2, 0) is 4.79 Å². The number of nitrogens with zero attached hydrogens (tertiary/aromatic N) is 1. The summed E-state index contributed by atoms with van der Waals surface area (Å²) in [5, 5.41) is 1.91. The Morgan fingerprint density at radius 2 is 2.07 bits per heavy atom. The van der Waals surface area contributed by atoms with Gasteiger partial charge in [0.1, 0.15) is 5.78 Å². The van der Waals surface area contributed by atoms with Crippen LogP contribution < -0.4 is 4.90 Å². The Hall–Kier alpha value is -1.16. The number of carbonyl (C=O) groups is 2. The number of Topliss-reactive ketones (excluding diaryl/α,β-unsaturated/α-hetero) is 1. The first-order valence-corrected chi connectivity index (χ1v) is 5.48. The number of hydrogen-bond acceptors (Lipinski definition) is 4. The van der Waals surface area contributed by atoms with Crippen LogP contribution in [0.5, 0.6) is 0 Å². The number of piperidine rings is 1. The zero-order chi connectivity index (χ0) is 9.97. The van der Waals surface area contributed by atoms with Crippen LogP contribution >= 0.6 is 11.3 Å². The minimum absolute atomic E-state index is 0.323. The van der Waals surface area contributed by atoms with Gasteiger partial charge in [-0.1, -0.05) is 0 Å². The van der Waals surface area contributed by atoms with Crippen LogP contribution in [0, 0.1) is 0 Å². The highest BCUT2D eigenvalue weighted by atomic mass is 32.1. The third kappa shape index (κ3) is 1.70. The van der Waals surface area contributed by atoms with E-state index >= 15 is 0 Å². The van der Waals surface area contributed by atoms with Crippen LogP contribution in [-0.4, -0.2) is 25.2 Å². The molecule has 0 saturated carbocycles. The minimum atomic E-state index is 0.323. The largest absolute Gasteiger partial charge is 0.369 e. The third-order valence-corrected chi connectivity index (χ3v) is 3.27. The zero-order valence-corrected chi connectivity index (χ0v) is 8.55. The van der Waals surface area contributed by atoms with E-state index in [1.54, 1.807) is 0 Å². The molecule has 1 aromatic rings. The van der Waals surface area contributed by atoms with E-state index in [0.29, 0.717) is 18.6 Å². The van der Waals surface area contributed by atoms with Gasteiger partial charge >= 0.3 is 0 Å². The summed E-state index contributed by atoms with van der Waals surface area (Å²) in [7, 11) is 0. The lowest BCUT2D eigenvalue weighted by molar-refractivity contribution is -0.119. The average Bonchev–Trinajstić information content (AvgIpc) is 2.67. The fourth-order valence-electron chi connectivity index (χ4n) is 1.66. The Kier molecular flexibility index (Phi) is 2.63. The van der Waals surface area contributed by atoms with E-state index in [9.17, 15) is 9.59 Å². The van der Waals surface area contributed by atoms with E-state index < -0.39 is 0 Å². The highest BCUT2D eigenvalue weighted by molar-refractivity contribution is 7.12. The van der Waals surface area contributed by atoms with Crippen LogP contribution in [0.25, 0.3) is 0 Å². The lowest BCUT2D eigenvalue weighted by Crippen LogP contribution is -2.33. The maximum Gasteiger partial charge on any atom is 0.162 e. The van der Waals surface area contributed by atoms with Crippen LogP contribution in [0.1, 0.15) is 22.5 Å². The van der Waals surface area contributed by atoms with Gasteiger partial charge in [-0.15, -0.1) is 11.3 Å². The van der Waals surface area contributed by atoms with Crippen molar-refractivity contribution < 1.29 is 9.59 Å². The summed E-state index contributed by atoms with van der Waals surface area (Å²) in [6.07, 6.45) is 2.10. The predicted molar refractivity (Wildman–Crippen MR) is 56.2 cm³/mol. The molecule has 0 aliphatic carbocycles. The van der Waals surface area contributed by atoms with Crippen molar-refractivity contribution in [2.24, 2.45) is 0 Å². The number of carbonyl (C=O) groups excluding carboxylic acids is 2. The number of hydrogen-bond donors (Lipinski definition) is 0. The Balaban J connectivity index is 2.15. The van der Waals surface area contributed by atoms with Gasteiger partial charge in [0.15, 0.2) is 6.29 Å². The molecule has 74 valence electrons. The van der Waals surface area contributed by atoms with E-state index in [-0.39, 0.29) is 0 Å². The number of aldehydes is 1. The van der Waals surface area contributed by atoms with Gasteiger partial charge in [0.25, 0.3) is 0 Å². The molecule has 0 N–H and O–H groups in total. The van der Waals surface area contributed by atoms with Crippen molar-refractivity contribution in [1.29, 1.82) is 0 Å². The molecule has 0 spiro atoms. The molecule has 2 rings (SSSR count). The summed E-state index contributed by atoms with van der Waals surface area (Å²) >= 11 is 1.45. The summed E-state index contributed by atoms with van der Waals surface area (Å²) in [5.74, 6) is 0.323. The Labute approximate surface area is 86.3 Å². The van der Waals surface area contributed by atoms with Crippen LogP contribution in [0.2, 0.25) is 0 Å². The second kappa shape index (κ2) is 3.92. The molecule has 0 aromatic carbocycles. The fourth-order valence-corrected chi connectivity index (χ4v) is 2.38. The number of anilines is 1. The Morgan fingerprint density at radius 3 is 2.71 bits per heavy atom. The minimum Gasteiger partial charge on any atom is -0.369 e. The van der Waals surface area contributed by atoms with Gasteiger partial charge in [0, 0.05) is 25.9 Å².